The average molecular weight is 198 g/mol. The molecule has 0 radical (unpaired) electrons. The second kappa shape index (κ2) is 4.27. The summed E-state index contributed by atoms with van der Waals surface area (Å²) in [5, 5.41) is 0. The quantitative estimate of drug-likeness (QED) is 0.477. The molecule has 1 unspecified atom stereocenters. The van der Waals surface area contributed by atoms with Gasteiger partial charge in [0.15, 0.2) is 0 Å². The van der Waals surface area contributed by atoms with Gasteiger partial charge in [-0.1, -0.05) is 0 Å². The monoisotopic (exact) mass is 198 g/mol. The molecular weight excluding hydrogens is 185 g/mol. The molecule has 0 N–H and O–H groups in total. The summed E-state index contributed by atoms with van der Waals surface area (Å²) in [6, 6.07) is 0. The molecule has 0 nitrogen and oxygen atoms in total. The van der Waals surface area contributed by atoms with Gasteiger partial charge in [-0.05, 0) is 0 Å². The molecule has 0 saturated carbocycles. The van der Waals surface area contributed by atoms with Gasteiger partial charge in [0.05, 0.1) is 0 Å². The van der Waals surface area contributed by atoms with E-state index < -0.39 is 4.71 Å². The molecule has 0 fully saturated rings. The van der Waals surface area contributed by atoms with Crippen LogP contribution in [-0.2, 0) is 0 Å². The Balaban J connectivity index is 3.07. The van der Waals surface area contributed by atoms with E-state index in [1.165, 1.54) is 0 Å². The maximum atomic E-state index is 12.1. The topological polar surface area (TPSA) is 0 Å². The van der Waals surface area contributed by atoms with Crippen molar-refractivity contribution in [2.45, 2.75) is 37.3 Å². The fourth-order valence-corrected chi connectivity index (χ4v) is 1.04. The number of rotatable bonds is 4. The molecule has 0 aromatic carbocycles. The van der Waals surface area contributed by atoms with Gasteiger partial charge in [-0.25, -0.2) is 0 Å². The van der Waals surface area contributed by atoms with Crippen molar-refractivity contribution in [2.24, 2.45) is 0 Å². The Hall–Kier alpha value is 0.418. The Bertz CT molecular complexity index is 67.9. The van der Waals surface area contributed by atoms with Crippen molar-refractivity contribution >= 4 is 16.9 Å². The van der Waals surface area contributed by atoms with Gasteiger partial charge < -0.3 is 0 Å². The van der Waals surface area contributed by atoms with E-state index in [0.717, 1.165) is 12.8 Å². The van der Waals surface area contributed by atoms with E-state index in [9.17, 15) is 8.78 Å². The number of halogens is 2. The molecule has 0 spiro atoms. The van der Waals surface area contributed by atoms with Crippen molar-refractivity contribution in [1.82, 2.24) is 0 Å². The van der Waals surface area contributed by atoms with Crippen molar-refractivity contribution in [3.8, 4) is 0 Å². The van der Waals surface area contributed by atoms with Crippen LogP contribution in [0.25, 0.3) is 0 Å². The molecule has 0 saturated heterocycles. The molecule has 0 aromatic heterocycles. The average Bonchev–Trinajstić information content (AvgIpc) is 1.63. The molecule has 0 bridgehead atoms. The summed E-state index contributed by atoms with van der Waals surface area (Å²) < 4.78 is 21.8. The minimum atomic E-state index is -2.39. The number of hydrogen-bond acceptors (Lipinski definition) is 0. The van der Waals surface area contributed by atoms with Crippen LogP contribution in [0.2, 0.25) is 0 Å². The first-order valence-corrected chi connectivity index (χ1v) is 4.44. The number of hydrogen-bond donors (Lipinski definition) is 0. The van der Waals surface area contributed by atoms with Crippen LogP contribution in [0.1, 0.15) is 32.6 Å². The van der Waals surface area contributed by atoms with Gasteiger partial charge in [-0.2, -0.15) is 0 Å². The summed E-state index contributed by atoms with van der Waals surface area (Å²) >= 11 is 0.541. The van der Waals surface area contributed by atoms with Crippen molar-refractivity contribution in [3.05, 3.63) is 0 Å². The predicted octanol–water partition coefficient (Wildman–Crippen LogP) is 1.79. The zero-order chi connectivity index (χ0) is 7.33. The van der Waals surface area contributed by atoms with Gasteiger partial charge in [0, 0.05) is 0 Å². The van der Waals surface area contributed by atoms with Crippen molar-refractivity contribution < 1.29 is 8.78 Å². The molecule has 0 aromatic rings. The molecular formula is C6H13AsF2. The predicted molar refractivity (Wildman–Crippen MR) is 37.6 cm³/mol. The van der Waals surface area contributed by atoms with Crippen LogP contribution in [0.4, 0.5) is 8.78 Å². The molecule has 0 aliphatic heterocycles. The van der Waals surface area contributed by atoms with Crippen molar-refractivity contribution in [2.75, 3.05) is 0 Å². The standard InChI is InChI=1S/C6H13AsF2/c1-2-3-4-5-6(7,8)9/h2-5,7H2,1H3. The normalized spacial score (nSPS) is 12.0. The second-order valence-electron chi connectivity index (χ2n) is 2.22. The first-order valence-electron chi connectivity index (χ1n) is 3.23. The van der Waals surface area contributed by atoms with Gasteiger partial charge in [-0.15, -0.1) is 0 Å². The van der Waals surface area contributed by atoms with E-state index in [1.54, 1.807) is 0 Å². The first kappa shape index (κ1) is 9.42. The van der Waals surface area contributed by atoms with Gasteiger partial charge in [-0.3, -0.25) is 0 Å². The molecule has 1 atom stereocenters. The summed E-state index contributed by atoms with van der Waals surface area (Å²) in [4.78, 5) is 0. The summed E-state index contributed by atoms with van der Waals surface area (Å²) in [5.74, 6) is 0. The fraction of sp³-hybridized carbons (Fsp3) is 1.00. The Morgan fingerprint density at radius 1 is 1.33 bits per heavy atom. The molecule has 0 rings (SSSR count). The van der Waals surface area contributed by atoms with Gasteiger partial charge >= 0.3 is 63.0 Å². The molecule has 0 aliphatic rings. The van der Waals surface area contributed by atoms with Crippen LogP contribution in [0.3, 0.4) is 0 Å². The minimum absolute atomic E-state index is 0.0703. The van der Waals surface area contributed by atoms with E-state index in [-0.39, 0.29) is 6.42 Å². The van der Waals surface area contributed by atoms with Crippen LogP contribution in [-0.4, -0.2) is 21.6 Å². The van der Waals surface area contributed by atoms with E-state index in [4.69, 9.17) is 0 Å². The second-order valence-corrected chi connectivity index (χ2v) is 3.99. The SMILES string of the molecule is CCCCCC(F)(F)[AsH2]. The van der Waals surface area contributed by atoms with E-state index >= 15 is 0 Å². The molecule has 0 aliphatic carbocycles. The Kier molecular flexibility index (Phi) is 4.47. The van der Waals surface area contributed by atoms with Gasteiger partial charge in [0.2, 0.25) is 0 Å². The molecule has 0 amide bonds. The summed E-state index contributed by atoms with van der Waals surface area (Å²) in [6.07, 6.45) is 2.69. The van der Waals surface area contributed by atoms with Crippen LogP contribution in [0.15, 0.2) is 0 Å². The fourth-order valence-electron chi connectivity index (χ4n) is 0.611. The Morgan fingerprint density at radius 2 is 1.89 bits per heavy atom. The van der Waals surface area contributed by atoms with Gasteiger partial charge in [0.25, 0.3) is 0 Å². The summed E-state index contributed by atoms with van der Waals surface area (Å²) in [6.45, 7) is 2.01. The van der Waals surface area contributed by atoms with E-state index in [0.29, 0.717) is 23.3 Å². The molecule has 56 valence electrons. The Labute approximate surface area is 63.5 Å². The van der Waals surface area contributed by atoms with Gasteiger partial charge in [0.1, 0.15) is 0 Å². The maximum absolute atomic E-state index is 12.1. The van der Waals surface area contributed by atoms with Crippen LogP contribution in [0, 0.1) is 0 Å². The van der Waals surface area contributed by atoms with Crippen LogP contribution >= 0.6 is 0 Å². The number of alkyl halides is 2. The third kappa shape index (κ3) is 8.42. The zero-order valence-electron chi connectivity index (χ0n) is 5.66. The summed E-state index contributed by atoms with van der Waals surface area (Å²) in [7, 11) is 0. The van der Waals surface area contributed by atoms with Crippen molar-refractivity contribution in [1.29, 1.82) is 0 Å². The van der Waals surface area contributed by atoms with E-state index in [1.807, 2.05) is 6.92 Å². The molecule has 3 heteroatoms. The third-order valence-electron chi connectivity index (χ3n) is 1.11. The Morgan fingerprint density at radius 3 is 2.22 bits per heavy atom. The number of unbranched alkanes of at least 4 members (excludes halogenated alkanes) is 2. The van der Waals surface area contributed by atoms with Crippen LogP contribution < -0.4 is 0 Å². The van der Waals surface area contributed by atoms with E-state index in [2.05, 4.69) is 0 Å². The van der Waals surface area contributed by atoms with Crippen molar-refractivity contribution in [3.63, 3.8) is 0 Å². The zero-order valence-corrected chi connectivity index (χ0v) is 8.08. The molecule has 0 heterocycles. The van der Waals surface area contributed by atoms with Crippen LogP contribution in [0.5, 0.6) is 0 Å². The molecule has 9 heavy (non-hydrogen) atoms. The summed E-state index contributed by atoms with van der Waals surface area (Å²) in [5.41, 5.74) is 0. The first-order chi connectivity index (χ1) is 4.06. The third-order valence-corrected chi connectivity index (χ3v) is 1.72.